The van der Waals surface area contributed by atoms with Gasteiger partial charge in [0.1, 0.15) is 0 Å². The predicted octanol–water partition coefficient (Wildman–Crippen LogP) is 1.04. The highest BCUT2D eigenvalue weighted by Gasteiger charge is 2.22. The van der Waals surface area contributed by atoms with Crippen LogP contribution >= 0.6 is 0 Å². The molecule has 1 atom stereocenters. The summed E-state index contributed by atoms with van der Waals surface area (Å²) in [5.41, 5.74) is 0.0703. The van der Waals surface area contributed by atoms with Crippen molar-refractivity contribution in [3.63, 3.8) is 0 Å². The first-order valence-corrected chi connectivity index (χ1v) is 5.69. The fraction of sp³-hybridized carbons (Fsp3) is 0.545. The summed E-state index contributed by atoms with van der Waals surface area (Å²) in [5, 5.41) is 14.2. The fourth-order valence-corrected chi connectivity index (χ4v) is 2.17. The minimum Gasteiger partial charge on any atom is -0.354 e. The molecule has 0 aliphatic carbocycles. The minimum atomic E-state index is -0.383. The van der Waals surface area contributed by atoms with Gasteiger partial charge in [-0.15, -0.1) is 0 Å². The van der Waals surface area contributed by atoms with Gasteiger partial charge in [-0.25, -0.2) is 4.98 Å². The van der Waals surface area contributed by atoms with Crippen LogP contribution in [0.2, 0.25) is 0 Å². The topological polar surface area (TPSA) is 71.3 Å². The van der Waals surface area contributed by atoms with Gasteiger partial charge in [-0.1, -0.05) is 0 Å². The quantitative estimate of drug-likeness (QED) is 0.624. The molecule has 6 nitrogen and oxygen atoms in total. The Bertz CT molecular complexity index is 404. The number of nitrogens with zero attached hydrogens (tertiary/aromatic N) is 3. The molecule has 1 aliphatic heterocycles. The van der Waals surface area contributed by atoms with E-state index in [2.05, 4.69) is 10.3 Å². The van der Waals surface area contributed by atoms with Crippen molar-refractivity contribution in [3.05, 3.63) is 28.4 Å². The number of rotatable bonds is 4. The molecular weight excluding hydrogens is 220 g/mol. The number of anilines is 1. The molecule has 1 aromatic heterocycles. The summed E-state index contributed by atoms with van der Waals surface area (Å²) < 4.78 is 0. The first-order valence-electron chi connectivity index (χ1n) is 5.69. The molecule has 0 bridgehead atoms. The van der Waals surface area contributed by atoms with E-state index in [0.29, 0.717) is 11.7 Å². The highest BCUT2D eigenvalue weighted by molar-refractivity contribution is 5.56. The number of hydrogen-bond donors (Lipinski definition) is 1. The molecule has 1 N–H and O–H groups in total. The molecule has 6 heteroatoms. The molecule has 17 heavy (non-hydrogen) atoms. The standard InChI is InChI=1S/C11H16N4O2/c1-14(8-9-4-6-12-7-9)11-10(15(16)17)3-2-5-13-11/h2-3,5,9,12H,4,6-8H2,1H3/t9-/m1/s1. The smallest absolute Gasteiger partial charge is 0.311 e. The van der Waals surface area contributed by atoms with Crippen molar-refractivity contribution in [1.82, 2.24) is 10.3 Å². The van der Waals surface area contributed by atoms with Crippen LogP contribution in [0.5, 0.6) is 0 Å². The second kappa shape index (κ2) is 5.09. The SMILES string of the molecule is CN(C[C@@H]1CCNC1)c1ncccc1[N+](=O)[O-]. The molecule has 1 fully saturated rings. The maximum absolute atomic E-state index is 10.9. The van der Waals surface area contributed by atoms with Gasteiger partial charge in [0, 0.05) is 25.9 Å². The third-order valence-corrected chi connectivity index (χ3v) is 3.02. The Hall–Kier alpha value is -1.69. The van der Waals surface area contributed by atoms with Crippen molar-refractivity contribution in [2.45, 2.75) is 6.42 Å². The lowest BCUT2D eigenvalue weighted by atomic mass is 10.1. The lowest BCUT2D eigenvalue weighted by Crippen LogP contribution is -2.28. The van der Waals surface area contributed by atoms with E-state index in [-0.39, 0.29) is 10.6 Å². The van der Waals surface area contributed by atoms with Gasteiger partial charge in [0.2, 0.25) is 5.82 Å². The van der Waals surface area contributed by atoms with Gasteiger partial charge in [-0.05, 0) is 31.5 Å². The number of hydrogen-bond acceptors (Lipinski definition) is 5. The average Bonchev–Trinajstić information content (AvgIpc) is 2.81. The lowest BCUT2D eigenvalue weighted by molar-refractivity contribution is -0.384. The first-order chi connectivity index (χ1) is 8.18. The summed E-state index contributed by atoms with van der Waals surface area (Å²) in [5.74, 6) is 0.992. The van der Waals surface area contributed by atoms with Crippen molar-refractivity contribution in [2.24, 2.45) is 5.92 Å². The van der Waals surface area contributed by atoms with Crippen molar-refractivity contribution >= 4 is 11.5 Å². The van der Waals surface area contributed by atoms with E-state index in [1.807, 2.05) is 11.9 Å². The molecule has 2 rings (SSSR count). The summed E-state index contributed by atoms with van der Waals surface area (Å²) >= 11 is 0. The Morgan fingerprint density at radius 2 is 2.53 bits per heavy atom. The minimum absolute atomic E-state index is 0.0703. The van der Waals surface area contributed by atoms with Crippen LogP contribution in [0, 0.1) is 16.0 Å². The van der Waals surface area contributed by atoms with Crippen LogP contribution in [0.15, 0.2) is 18.3 Å². The molecule has 0 saturated carbocycles. The van der Waals surface area contributed by atoms with Crippen molar-refractivity contribution in [3.8, 4) is 0 Å². The number of aromatic nitrogens is 1. The van der Waals surface area contributed by atoms with E-state index in [1.165, 1.54) is 6.07 Å². The van der Waals surface area contributed by atoms with Crippen LogP contribution in [-0.2, 0) is 0 Å². The third-order valence-electron chi connectivity index (χ3n) is 3.02. The van der Waals surface area contributed by atoms with Gasteiger partial charge >= 0.3 is 5.69 Å². The van der Waals surface area contributed by atoms with Crippen molar-refractivity contribution in [1.29, 1.82) is 0 Å². The molecule has 0 radical (unpaired) electrons. The van der Waals surface area contributed by atoms with Crippen LogP contribution in [0.25, 0.3) is 0 Å². The van der Waals surface area contributed by atoms with Crippen molar-refractivity contribution < 1.29 is 4.92 Å². The number of nitrogens with one attached hydrogen (secondary N) is 1. The highest BCUT2D eigenvalue weighted by atomic mass is 16.6. The van der Waals surface area contributed by atoms with Gasteiger partial charge in [-0.2, -0.15) is 0 Å². The van der Waals surface area contributed by atoms with E-state index in [9.17, 15) is 10.1 Å². The molecular formula is C11H16N4O2. The molecule has 0 amide bonds. The summed E-state index contributed by atoms with van der Waals surface area (Å²) in [4.78, 5) is 16.5. The summed E-state index contributed by atoms with van der Waals surface area (Å²) in [7, 11) is 1.85. The zero-order valence-electron chi connectivity index (χ0n) is 9.80. The molecule has 1 aromatic rings. The summed E-state index contributed by atoms with van der Waals surface area (Å²) in [6, 6.07) is 3.08. The second-order valence-corrected chi connectivity index (χ2v) is 4.34. The average molecular weight is 236 g/mol. The maximum Gasteiger partial charge on any atom is 0.311 e. The largest absolute Gasteiger partial charge is 0.354 e. The lowest BCUT2D eigenvalue weighted by Gasteiger charge is -2.21. The van der Waals surface area contributed by atoms with Crippen molar-refractivity contribution in [2.75, 3.05) is 31.6 Å². The van der Waals surface area contributed by atoms with Gasteiger partial charge < -0.3 is 10.2 Å². The molecule has 0 aromatic carbocycles. The van der Waals surface area contributed by atoms with E-state index >= 15 is 0 Å². The number of pyridine rings is 1. The molecule has 92 valence electrons. The van der Waals surface area contributed by atoms with Gasteiger partial charge in [0.05, 0.1) is 4.92 Å². The highest BCUT2D eigenvalue weighted by Crippen LogP contribution is 2.25. The van der Waals surface area contributed by atoms with Gasteiger partial charge in [-0.3, -0.25) is 10.1 Å². The Morgan fingerprint density at radius 3 is 3.18 bits per heavy atom. The van der Waals surface area contributed by atoms with Crippen LogP contribution in [-0.4, -0.2) is 36.6 Å². The van der Waals surface area contributed by atoms with Gasteiger partial charge in [0.15, 0.2) is 0 Å². The monoisotopic (exact) mass is 236 g/mol. The van der Waals surface area contributed by atoms with Crippen LogP contribution in [0.4, 0.5) is 11.5 Å². The van der Waals surface area contributed by atoms with Crippen LogP contribution < -0.4 is 10.2 Å². The summed E-state index contributed by atoms with van der Waals surface area (Å²) in [6.07, 6.45) is 2.71. The number of nitro groups is 1. The molecule has 0 unspecified atom stereocenters. The first kappa shape index (κ1) is 11.8. The Morgan fingerprint density at radius 1 is 1.71 bits per heavy atom. The predicted molar refractivity (Wildman–Crippen MR) is 65.1 cm³/mol. The van der Waals surface area contributed by atoms with Crippen LogP contribution in [0.1, 0.15) is 6.42 Å². The molecule has 0 spiro atoms. The molecule has 1 aliphatic rings. The Kier molecular flexibility index (Phi) is 3.53. The van der Waals surface area contributed by atoms with E-state index in [0.717, 1.165) is 26.1 Å². The summed E-state index contributed by atoms with van der Waals surface area (Å²) in [6.45, 7) is 2.80. The molecule has 2 heterocycles. The second-order valence-electron chi connectivity index (χ2n) is 4.34. The van der Waals surface area contributed by atoms with E-state index in [4.69, 9.17) is 0 Å². The maximum atomic E-state index is 10.9. The zero-order chi connectivity index (χ0) is 12.3. The van der Waals surface area contributed by atoms with E-state index in [1.54, 1.807) is 12.3 Å². The Labute approximate surface area is 99.8 Å². The van der Waals surface area contributed by atoms with Crippen LogP contribution in [0.3, 0.4) is 0 Å². The normalized spacial score (nSPS) is 19.2. The molecule has 1 saturated heterocycles. The third kappa shape index (κ3) is 2.71. The Balaban J connectivity index is 2.12. The van der Waals surface area contributed by atoms with E-state index < -0.39 is 0 Å². The van der Waals surface area contributed by atoms with Gasteiger partial charge in [0.25, 0.3) is 0 Å². The fourth-order valence-electron chi connectivity index (χ4n) is 2.17. The zero-order valence-corrected chi connectivity index (χ0v) is 9.80.